The Bertz CT molecular complexity index is 695. The van der Waals surface area contributed by atoms with Gasteiger partial charge in [0.15, 0.2) is 0 Å². The predicted molar refractivity (Wildman–Crippen MR) is 90.2 cm³/mol. The first-order valence-corrected chi connectivity index (χ1v) is 8.21. The number of piperidine rings is 1. The molecule has 1 unspecified atom stereocenters. The molecule has 22 heavy (non-hydrogen) atoms. The van der Waals surface area contributed by atoms with Crippen molar-refractivity contribution in [3.63, 3.8) is 0 Å². The van der Waals surface area contributed by atoms with Crippen LogP contribution in [0.2, 0.25) is 5.02 Å². The average Bonchev–Trinajstić information content (AvgIpc) is 2.85. The smallest absolute Gasteiger partial charge is 0.237 e. The van der Waals surface area contributed by atoms with Gasteiger partial charge in [-0.05, 0) is 37.9 Å². The van der Waals surface area contributed by atoms with E-state index in [0.29, 0.717) is 0 Å². The van der Waals surface area contributed by atoms with Crippen LogP contribution >= 0.6 is 11.6 Å². The zero-order valence-electron chi connectivity index (χ0n) is 13.1. The SMILES string of the molecule is CNC(=O)C1CCCCN1Cc1[nH]c2c(Cl)cccc2c1C. The van der Waals surface area contributed by atoms with Crippen LogP contribution < -0.4 is 5.32 Å². The normalized spacial score (nSPS) is 19.5. The van der Waals surface area contributed by atoms with Gasteiger partial charge in [-0.1, -0.05) is 30.2 Å². The Morgan fingerprint density at radius 3 is 3.00 bits per heavy atom. The minimum absolute atomic E-state index is 0.0277. The van der Waals surface area contributed by atoms with E-state index in [1.54, 1.807) is 7.05 Å². The molecule has 4 nitrogen and oxygen atoms in total. The lowest BCUT2D eigenvalue weighted by Crippen LogP contribution is -2.48. The first kappa shape index (κ1) is 15.4. The molecule has 1 aromatic heterocycles. The maximum atomic E-state index is 12.1. The number of hydrogen-bond donors (Lipinski definition) is 2. The number of hydrogen-bond acceptors (Lipinski definition) is 2. The van der Waals surface area contributed by atoms with E-state index in [1.165, 1.54) is 5.56 Å². The van der Waals surface area contributed by atoms with E-state index in [1.807, 2.05) is 12.1 Å². The minimum atomic E-state index is -0.0277. The number of nitrogens with one attached hydrogen (secondary N) is 2. The Labute approximate surface area is 135 Å². The fourth-order valence-electron chi connectivity index (χ4n) is 3.38. The zero-order chi connectivity index (χ0) is 15.7. The van der Waals surface area contributed by atoms with Crippen LogP contribution in [0.5, 0.6) is 0 Å². The van der Waals surface area contributed by atoms with Crippen LogP contribution in [0.1, 0.15) is 30.5 Å². The van der Waals surface area contributed by atoms with E-state index in [2.05, 4.69) is 28.2 Å². The summed E-state index contributed by atoms with van der Waals surface area (Å²) in [6.07, 6.45) is 3.19. The highest BCUT2D eigenvalue weighted by Crippen LogP contribution is 2.29. The first-order valence-electron chi connectivity index (χ1n) is 7.83. The molecule has 1 aliphatic rings. The lowest BCUT2D eigenvalue weighted by atomic mass is 10.0. The summed E-state index contributed by atoms with van der Waals surface area (Å²) in [5.74, 6) is 0.117. The Hall–Kier alpha value is -1.52. The third-order valence-corrected chi connectivity index (χ3v) is 4.99. The molecule has 1 aliphatic heterocycles. The summed E-state index contributed by atoms with van der Waals surface area (Å²) in [5, 5.41) is 4.70. The number of aromatic nitrogens is 1. The van der Waals surface area contributed by atoms with Crippen LogP contribution in [0.25, 0.3) is 10.9 Å². The Kier molecular flexibility index (Phi) is 4.41. The second-order valence-electron chi connectivity index (χ2n) is 5.99. The standard InChI is InChI=1S/C17H22ClN3O/c1-11-12-6-5-7-13(18)16(12)20-14(11)10-21-9-4-3-8-15(21)17(22)19-2/h5-7,15,20H,3-4,8-10H2,1-2H3,(H,19,22). The molecular formula is C17H22ClN3O. The number of rotatable bonds is 3. The van der Waals surface area contributed by atoms with Crippen molar-refractivity contribution in [3.05, 3.63) is 34.5 Å². The molecule has 1 amide bonds. The summed E-state index contributed by atoms with van der Waals surface area (Å²) in [7, 11) is 1.71. The fourth-order valence-corrected chi connectivity index (χ4v) is 3.60. The van der Waals surface area contributed by atoms with Crippen LogP contribution in [0, 0.1) is 6.92 Å². The van der Waals surface area contributed by atoms with E-state index < -0.39 is 0 Å². The number of amides is 1. The van der Waals surface area contributed by atoms with Gasteiger partial charge in [-0.3, -0.25) is 9.69 Å². The van der Waals surface area contributed by atoms with Crippen molar-refractivity contribution in [2.45, 2.75) is 38.8 Å². The molecule has 0 saturated carbocycles. The predicted octanol–water partition coefficient (Wildman–Crippen LogP) is 3.23. The molecule has 5 heteroatoms. The average molecular weight is 320 g/mol. The van der Waals surface area contributed by atoms with Gasteiger partial charge in [0.1, 0.15) is 0 Å². The molecule has 0 spiro atoms. The van der Waals surface area contributed by atoms with Gasteiger partial charge in [-0.25, -0.2) is 0 Å². The van der Waals surface area contributed by atoms with Crippen LogP contribution in [-0.4, -0.2) is 35.4 Å². The molecule has 1 fully saturated rings. The van der Waals surface area contributed by atoms with Crippen molar-refractivity contribution >= 4 is 28.4 Å². The Morgan fingerprint density at radius 1 is 1.45 bits per heavy atom. The number of halogens is 1. The topological polar surface area (TPSA) is 48.1 Å². The molecule has 1 atom stereocenters. The van der Waals surface area contributed by atoms with Crippen LogP contribution in [0.3, 0.4) is 0 Å². The summed E-state index contributed by atoms with van der Waals surface area (Å²) >= 11 is 6.28. The number of benzene rings is 1. The van der Waals surface area contributed by atoms with E-state index in [9.17, 15) is 4.79 Å². The van der Waals surface area contributed by atoms with E-state index >= 15 is 0 Å². The number of likely N-dealkylation sites (N-methyl/N-ethyl adjacent to an activating group) is 1. The molecule has 2 aromatic rings. The maximum absolute atomic E-state index is 12.1. The van der Waals surface area contributed by atoms with Crippen LogP contribution in [0.15, 0.2) is 18.2 Å². The largest absolute Gasteiger partial charge is 0.358 e. The number of carbonyl (C=O) groups is 1. The summed E-state index contributed by atoms with van der Waals surface area (Å²) in [6.45, 7) is 3.83. The van der Waals surface area contributed by atoms with Gasteiger partial charge < -0.3 is 10.3 Å². The van der Waals surface area contributed by atoms with Crippen molar-refractivity contribution in [2.75, 3.05) is 13.6 Å². The number of nitrogens with zero attached hydrogens (tertiary/aromatic N) is 1. The second kappa shape index (κ2) is 6.31. The third-order valence-electron chi connectivity index (χ3n) is 4.67. The van der Waals surface area contributed by atoms with Gasteiger partial charge in [0, 0.05) is 24.7 Å². The quantitative estimate of drug-likeness (QED) is 0.912. The van der Waals surface area contributed by atoms with E-state index in [0.717, 1.165) is 54.0 Å². The molecule has 2 heterocycles. The Balaban J connectivity index is 1.90. The van der Waals surface area contributed by atoms with Crippen molar-refractivity contribution in [1.82, 2.24) is 15.2 Å². The van der Waals surface area contributed by atoms with Crippen LogP contribution in [-0.2, 0) is 11.3 Å². The highest BCUT2D eigenvalue weighted by atomic mass is 35.5. The monoisotopic (exact) mass is 319 g/mol. The molecular weight excluding hydrogens is 298 g/mol. The van der Waals surface area contributed by atoms with Crippen molar-refractivity contribution in [3.8, 4) is 0 Å². The van der Waals surface area contributed by atoms with Gasteiger partial charge in [0.05, 0.1) is 16.6 Å². The molecule has 1 saturated heterocycles. The van der Waals surface area contributed by atoms with Gasteiger partial charge in [0.2, 0.25) is 5.91 Å². The van der Waals surface area contributed by atoms with E-state index in [-0.39, 0.29) is 11.9 Å². The van der Waals surface area contributed by atoms with Gasteiger partial charge in [-0.2, -0.15) is 0 Å². The van der Waals surface area contributed by atoms with Gasteiger partial charge in [-0.15, -0.1) is 0 Å². The number of H-pyrrole nitrogens is 1. The molecule has 2 N–H and O–H groups in total. The number of likely N-dealkylation sites (tertiary alicyclic amines) is 1. The second-order valence-corrected chi connectivity index (χ2v) is 6.39. The van der Waals surface area contributed by atoms with Crippen LogP contribution in [0.4, 0.5) is 0 Å². The Morgan fingerprint density at radius 2 is 2.27 bits per heavy atom. The summed E-state index contributed by atoms with van der Waals surface area (Å²) in [6, 6.07) is 5.93. The van der Waals surface area contributed by atoms with E-state index in [4.69, 9.17) is 11.6 Å². The summed E-state index contributed by atoms with van der Waals surface area (Å²) < 4.78 is 0. The minimum Gasteiger partial charge on any atom is -0.358 e. The van der Waals surface area contributed by atoms with Gasteiger partial charge in [0.25, 0.3) is 0 Å². The fraction of sp³-hybridized carbons (Fsp3) is 0.471. The highest BCUT2D eigenvalue weighted by Gasteiger charge is 2.28. The number of fused-ring (bicyclic) bond motifs is 1. The molecule has 3 rings (SSSR count). The van der Waals surface area contributed by atoms with Crippen molar-refractivity contribution < 1.29 is 4.79 Å². The zero-order valence-corrected chi connectivity index (χ0v) is 13.8. The lowest BCUT2D eigenvalue weighted by Gasteiger charge is -2.34. The van der Waals surface area contributed by atoms with Crippen molar-refractivity contribution in [2.24, 2.45) is 0 Å². The number of aromatic amines is 1. The summed E-state index contributed by atoms with van der Waals surface area (Å²) in [5.41, 5.74) is 3.36. The number of carbonyl (C=O) groups excluding carboxylic acids is 1. The third kappa shape index (κ3) is 2.73. The maximum Gasteiger partial charge on any atom is 0.237 e. The lowest BCUT2D eigenvalue weighted by molar-refractivity contribution is -0.127. The molecule has 0 bridgehead atoms. The molecule has 118 valence electrons. The first-order chi connectivity index (χ1) is 10.6. The van der Waals surface area contributed by atoms with Gasteiger partial charge >= 0.3 is 0 Å². The molecule has 0 aliphatic carbocycles. The number of aryl methyl sites for hydroxylation is 1. The highest BCUT2D eigenvalue weighted by molar-refractivity contribution is 6.35. The molecule has 1 aromatic carbocycles. The van der Waals surface area contributed by atoms with Crippen molar-refractivity contribution in [1.29, 1.82) is 0 Å². The molecule has 0 radical (unpaired) electrons. The number of para-hydroxylation sites is 1. The summed E-state index contributed by atoms with van der Waals surface area (Å²) in [4.78, 5) is 17.8.